The number of unbranched alkanes of at least 4 members (excludes halogenated alkanes) is 27. The molecule has 1 atom stereocenters. The fraction of sp³-hybridized carbons (Fsp3) is 0.959. The molecule has 0 aromatic heterocycles. The lowest BCUT2D eigenvalue weighted by Crippen LogP contribution is -2.29. The molecule has 0 fully saturated rings. The molecule has 7 nitrogen and oxygen atoms in total. The van der Waals surface area contributed by atoms with E-state index in [1.165, 1.54) is 148 Å². The Bertz CT molecular complexity index is 765. The first kappa shape index (κ1) is 56.8. The van der Waals surface area contributed by atoms with Crippen molar-refractivity contribution in [1.29, 1.82) is 0 Å². The predicted octanol–water partition coefficient (Wildman–Crippen LogP) is 15.1. The largest absolute Gasteiger partial charge is 0.508 e. The van der Waals surface area contributed by atoms with Gasteiger partial charge in [0, 0.05) is 13.0 Å². The Morgan fingerprint density at radius 1 is 0.446 bits per heavy atom. The Balaban J connectivity index is 0. The molecular formula is C49H99NO6. The molecule has 0 heterocycles. The van der Waals surface area contributed by atoms with Crippen LogP contribution in [0.2, 0.25) is 0 Å². The fourth-order valence-electron chi connectivity index (χ4n) is 7.32. The molecule has 0 bridgehead atoms. The molecule has 1 N–H and O–H groups in total. The highest BCUT2D eigenvalue weighted by molar-refractivity contribution is 5.69. The summed E-state index contributed by atoms with van der Waals surface area (Å²) in [5, 5.41) is 9.54. The molecule has 0 radical (unpaired) electrons. The molecule has 336 valence electrons. The monoisotopic (exact) mass is 798 g/mol. The van der Waals surface area contributed by atoms with Crippen LogP contribution in [0.1, 0.15) is 259 Å². The molecule has 7 heteroatoms. The van der Waals surface area contributed by atoms with Gasteiger partial charge in [0.15, 0.2) is 0 Å². The van der Waals surface area contributed by atoms with Crippen molar-refractivity contribution in [3.05, 3.63) is 0 Å². The maximum atomic E-state index is 12.5. The summed E-state index contributed by atoms with van der Waals surface area (Å²) >= 11 is 0. The van der Waals surface area contributed by atoms with Crippen LogP contribution in [0.15, 0.2) is 0 Å². The second-order valence-electron chi connectivity index (χ2n) is 16.2. The fourth-order valence-corrected chi connectivity index (χ4v) is 7.32. The lowest BCUT2D eigenvalue weighted by molar-refractivity contribution is -0.143. The summed E-state index contributed by atoms with van der Waals surface area (Å²) < 4.78 is 16.7. The molecule has 0 saturated heterocycles. The number of hydrogen-bond donors (Lipinski definition) is 1. The topological polar surface area (TPSA) is 85.3 Å². The van der Waals surface area contributed by atoms with Crippen molar-refractivity contribution in [2.75, 3.05) is 39.5 Å². The Labute approximate surface area is 349 Å². The zero-order chi connectivity index (χ0) is 41.4. The van der Waals surface area contributed by atoms with E-state index in [2.05, 4.69) is 25.7 Å². The number of aliphatic hydroxyl groups is 1. The highest BCUT2D eigenvalue weighted by atomic mass is 16.7. The van der Waals surface area contributed by atoms with E-state index in [4.69, 9.17) is 14.2 Å². The summed E-state index contributed by atoms with van der Waals surface area (Å²) in [6.45, 7) is 14.9. The summed E-state index contributed by atoms with van der Waals surface area (Å²) in [6, 6.07) is 0. The number of esters is 1. The standard InChI is InChI=1S/C47H93NO6.C2H6/c1-4-7-10-13-15-16-17-23-30-37-45(36-29-22-12-9-6-3)54-47(51)53-44-35-28-21-19-26-33-40-48(41-42-49)39-32-25-18-20-27-34-43-52-46(50)38-31-24-14-11-8-5-2;1-2/h45,49H,4-44H2,1-3H3;1-2H3. The van der Waals surface area contributed by atoms with Crippen LogP contribution in [-0.2, 0) is 19.0 Å². The summed E-state index contributed by atoms with van der Waals surface area (Å²) in [7, 11) is 0. The molecule has 0 rings (SSSR count). The molecule has 56 heavy (non-hydrogen) atoms. The average Bonchev–Trinajstić information content (AvgIpc) is 3.20. The third-order valence-electron chi connectivity index (χ3n) is 10.9. The molecule has 0 saturated carbocycles. The lowest BCUT2D eigenvalue weighted by atomic mass is 10.0. The van der Waals surface area contributed by atoms with Gasteiger partial charge in [0.2, 0.25) is 0 Å². The zero-order valence-electron chi connectivity index (χ0n) is 38.5. The number of carbonyl (C=O) groups is 2. The second-order valence-corrected chi connectivity index (χ2v) is 16.2. The highest BCUT2D eigenvalue weighted by Gasteiger charge is 2.15. The number of aliphatic hydroxyl groups excluding tert-OH is 1. The third-order valence-corrected chi connectivity index (χ3v) is 10.9. The van der Waals surface area contributed by atoms with E-state index in [-0.39, 0.29) is 18.7 Å². The van der Waals surface area contributed by atoms with E-state index in [1.807, 2.05) is 13.8 Å². The first-order valence-corrected chi connectivity index (χ1v) is 24.9. The van der Waals surface area contributed by atoms with Crippen molar-refractivity contribution >= 4 is 12.1 Å². The number of rotatable bonds is 44. The van der Waals surface area contributed by atoms with Crippen molar-refractivity contribution in [2.24, 2.45) is 0 Å². The Hall–Kier alpha value is -1.34. The summed E-state index contributed by atoms with van der Waals surface area (Å²) in [5.41, 5.74) is 0. The first-order valence-electron chi connectivity index (χ1n) is 24.9. The second kappa shape index (κ2) is 49.8. The van der Waals surface area contributed by atoms with Crippen molar-refractivity contribution in [2.45, 2.75) is 265 Å². The molecule has 0 amide bonds. The van der Waals surface area contributed by atoms with Crippen molar-refractivity contribution in [1.82, 2.24) is 4.90 Å². The van der Waals surface area contributed by atoms with Gasteiger partial charge in [0.1, 0.15) is 6.10 Å². The van der Waals surface area contributed by atoms with E-state index >= 15 is 0 Å². The maximum absolute atomic E-state index is 12.5. The molecule has 0 spiro atoms. The van der Waals surface area contributed by atoms with Crippen molar-refractivity contribution in [3.8, 4) is 0 Å². The quantitative estimate of drug-likeness (QED) is 0.0485. The average molecular weight is 798 g/mol. The summed E-state index contributed by atoms with van der Waals surface area (Å²) in [5.74, 6) is -0.0239. The van der Waals surface area contributed by atoms with Gasteiger partial charge < -0.3 is 24.2 Å². The van der Waals surface area contributed by atoms with E-state index < -0.39 is 6.16 Å². The van der Waals surface area contributed by atoms with Crippen LogP contribution in [0, 0.1) is 0 Å². The molecule has 1 unspecified atom stereocenters. The van der Waals surface area contributed by atoms with Gasteiger partial charge in [-0.1, -0.05) is 195 Å². The lowest BCUT2D eigenvalue weighted by Gasteiger charge is -2.21. The SMILES string of the molecule is CC.CCCCCCCCCCCC(CCCCCCC)OC(=O)OCCCCCCCCN(CCO)CCCCCCCCOC(=O)CCCCCCCC. The van der Waals surface area contributed by atoms with Crippen LogP contribution < -0.4 is 0 Å². The van der Waals surface area contributed by atoms with Crippen molar-refractivity contribution < 1.29 is 28.9 Å². The first-order chi connectivity index (χ1) is 27.6. The molecule has 0 aromatic carbocycles. The number of hydrogen-bond acceptors (Lipinski definition) is 7. The third kappa shape index (κ3) is 45.4. The van der Waals surface area contributed by atoms with Gasteiger partial charge in [0.05, 0.1) is 19.8 Å². The number of nitrogens with zero attached hydrogens (tertiary/aromatic N) is 1. The van der Waals surface area contributed by atoms with Crippen LogP contribution >= 0.6 is 0 Å². The van der Waals surface area contributed by atoms with Gasteiger partial charge in [-0.05, 0) is 70.9 Å². The van der Waals surface area contributed by atoms with Crippen LogP contribution in [0.25, 0.3) is 0 Å². The number of ether oxygens (including phenoxy) is 3. The Kier molecular flexibility index (Phi) is 50.5. The zero-order valence-corrected chi connectivity index (χ0v) is 38.5. The van der Waals surface area contributed by atoms with Crippen LogP contribution in [0.3, 0.4) is 0 Å². The van der Waals surface area contributed by atoms with Crippen LogP contribution in [-0.4, -0.2) is 67.7 Å². The van der Waals surface area contributed by atoms with Gasteiger partial charge >= 0.3 is 12.1 Å². The van der Waals surface area contributed by atoms with E-state index in [0.717, 1.165) is 90.3 Å². The molecule has 0 aliphatic rings. The normalized spacial score (nSPS) is 11.7. The minimum absolute atomic E-state index is 0.00251. The maximum Gasteiger partial charge on any atom is 0.508 e. The molecule has 0 aliphatic heterocycles. The minimum atomic E-state index is -0.468. The van der Waals surface area contributed by atoms with Gasteiger partial charge in [-0.2, -0.15) is 0 Å². The number of carbonyl (C=O) groups excluding carboxylic acids is 2. The Morgan fingerprint density at radius 2 is 0.804 bits per heavy atom. The van der Waals surface area contributed by atoms with Crippen LogP contribution in [0.5, 0.6) is 0 Å². The van der Waals surface area contributed by atoms with Gasteiger partial charge in [-0.3, -0.25) is 4.79 Å². The molecule has 0 aromatic rings. The highest BCUT2D eigenvalue weighted by Crippen LogP contribution is 2.18. The van der Waals surface area contributed by atoms with Crippen molar-refractivity contribution in [3.63, 3.8) is 0 Å². The molecule has 0 aliphatic carbocycles. The summed E-state index contributed by atoms with van der Waals surface area (Å²) in [4.78, 5) is 26.8. The summed E-state index contributed by atoms with van der Waals surface area (Å²) in [6.07, 6.45) is 40.8. The van der Waals surface area contributed by atoms with Gasteiger partial charge in [0.25, 0.3) is 0 Å². The smallest absolute Gasteiger partial charge is 0.466 e. The van der Waals surface area contributed by atoms with E-state index in [0.29, 0.717) is 19.6 Å². The Morgan fingerprint density at radius 3 is 1.23 bits per heavy atom. The van der Waals surface area contributed by atoms with E-state index in [1.54, 1.807) is 0 Å². The van der Waals surface area contributed by atoms with Gasteiger partial charge in [-0.15, -0.1) is 0 Å². The molecular weight excluding hydrogens is 699 g/mol. The van der Waals surface area contributed by atoms with Gasteiger partial charge in [-0.25, -0.2) is 4.79 Å². The minimum Gasteiger partial charge on any atom is -0.466 e. The van der Waals surface area contributed by atoms with Crippen LogP contribution in [0.4, 0.5) is 4.79 Å². The van der Waals surface area contributed by atoms with E-state index in [9.17, 15) is 14.7 Å². The predicted molar refractivity (Wildman–Crippen MR) is 241 cm³/mol.